The van der Waals surface area contributed by atoms with E-state index in [0.717, 1.165) is 5.56 Å². The van der Waals surface area contributed by atoms with Crippen molar-refractivity contribution in [2.45, 2.75) is 6.54 Å². The van der Waals surface area contributed by atoms with Gasteiger partial charge in [0.25, 0.3) is 11.8 Å². The average Bonchev–Trinajstić information content (AvgIpc) is 3.25. The molecule has 0 spiro atoms. The standard InChI is InChI=1S/C23H19ClN2O5/c24-16-6-8-17(9-7-16)29-13-22(27)26-19-4-2-1-3-18(19)23(28)25-12-15-5-10-20-21(11-15)31-14-30-20/h1-11H,12-14H2,(H,25,28)(H,26,27). The molecule has 1 aliphatic rings. The van der Waals surface area contributed by atoms with E-state index in [0.29, 0.717) is 40.1 Å². The number of amides is 2. The average molecular weight is 439 g/mol. The molecule has 0 aromatic heterocycles. The third-order valence-electron chi connectivity index (χ3n) is 4.52. The first-order chi connectivity index (χ1) is 15.1. The first-order valence-corrected chi connectivity index (χ1v) is 9.90. The summed E-state index contributed by atoms with van der Waals surface area (Å²) in [5.41, 5.74) is 1.62. The molecule has 0 unspecified atom stereocenters. The second kappa shape index (κ2) is 9.40. The number of carbonyl (C=O) groups is 2. The Morgan fingerprint density at radius 1 is 0.968 bits per heavy atom. The van der Waals surface area contributed by atoms with E-state index in [9.17, 15) is 9.59 Å². The summed E-state index contributed by atoms with van der Waals surface area (Å²) in [6, 6.07) is 19.0. The Labute approximate surface area is 183 Å². The Morgan fingerprint density at radius 3 is 2.58 bits per heavy atom. The van der Waals surface area contributed by atoms with E-state index in [2.05, 4.69) is 10.6 Å². The van der Waals surface area contributed by atoms with Gasteiger partial charge in [0.15, 0.2) is 18.1 Å². The third-order valence-corrected chi connectivity index (χ3v) is 4.77. The zero-order valence-electron chi connectivity index (χ0n) is 16.4. The van der Waals surface area contributed by atoms with Crippen LogP contribution in [-0.4, -0.2) is 25.2 Å². The zero-order valence-corrected chi connectivity index (χ0v) is 17.1. The number of hydrogen-bond donors (Lipinski definition) is 2. The highest BCUT2D eigenvalue weighted by atomic mass is 35.5. The molecule has 158 valence electrons. The molecule has 0 atom stereocenters. The second-order valence-electron chi connectivity index (χ2n) is 6.71. The van der Waals surface area contributed by atoms with Gasteiger partial charge in [0.05, 0.1) is 11.3 Å². The van der Waals surface area contributed by atoms with Crippen LogP contribution < -0.4 is 24.8 Å². The van der Waals surface area contributed by atoms with Crippen molar-refractivity contribution in [1.29, 1.82) is 0 Å². The van der Waals surface area contributed by atoms with E-state index >= 15 is 0 Å². The summed E-state index contributed by atoms with van der Waals surface area (Å²) in [5.74, 6) is 1.16. The molecule has 3 aromatic rings. The number of ether oxygens (including phenoxy) is 3. The second-order valence-corrected chi connectivity index (χ2v) is 7.14. The maximum atomic E-state index is 12.7. The maximum Gasteiger partial charge on any atom is 0.262 e. The van der Waals surface area contributed by atoms with Crippen LogP contribution >= 0.6 is 11.6 Å². The van der Waals surface area contributed by atoms with Gasteiger partial charge in [-0.3, -0.25) is 9.59 Å². The van der Waals surface area contributed by atoms with Crippen molar-refractivity contribution in [3.8, 4) is 17.2 Å². The molecule has 0 saturated heterocycles. The predicted molar refractivity (Wildman–Crippen MR) is 116 cm³/mol. The minimum absolute atomic E-state index is 0.194. The Morgan fingerprint density at radius 2 is 1.74 bits per heavy atom. The fraction of sp³-hybridized carbons (Fsp3) is 0.130. The molecule has 0 aliphatic carbocycles. The number of carbonyl (C=O) groups excluding carboxylic acids is 2. The molecule has 8 heteroatoms. The molecule has 2 N–H and O–H groups in total. The van der Waals surface area contributed by atoms with Crippen LogP contribution in [0, 0.1) is 0 Å². The molecule has 31 heavy (non-hydrogen) atoms. The quantitative estimate of drug-likeness (QED) is 0.582. The summed E-state index contributed by atoms with van der Waals surface area (Å²) in [4.78, 5) is 25.0. The van der Waals surface area contributed by atoms with Crippen molar-refractivity contribution in [3.63, 3.8) is 0 Å². The van der Waals surface area contributed by atoms with Crippen molar-refractivity contribution in [2.24, 2.45) is 0 Å². The van der Waals surface area contributed by atoms with Crippen LogP contribution in [0.2, 0.25) is 5.02 Å². The number of nitrogens with one attached hydrogen (secondary N) is 2. The molecule has 2 amide bonds. The van der Waals surface area contributed by atoms with E-state index in [-0.39, 0.29) is 25.2 Å². The number of halogens is 1. The highest BCUT2D eigenvalue weighted by Crippen LogP contribution is 2.32. The predicted octanol–water partition coefficient (Wildman–Crippen LogP) is 4.02. The highest BCUT2D eigenvalue weighted by Gasteiger charge is 2.16. The van der Waals surface area contributed by atoms with Crippen LogP contribution in [0.4, 0.5) is 5.69 Å². The normalized spacial score (nSPS) is 11.6. The van der Waals surface area contributed by atoms with Crippen LogP contribution in [0.5, 0.6) is 17.2 Å². The molecular formula is C23H19ClN2O5. The molecule has 7 nitrogen and oxygen atoms in total. The van der Waals surface area contributed by atoms with Gasteiger partial charge < -0.3 is 24.8 Å². The smallest absolute Gasteiger partial charge is 0.262 e. The first kappa shape index (κ1) is 20.6. The van der Waals surface area contributed by atoms with Crippen molar-refractivity contribution < 1.29 is 23.8 Å². The van der Waals surface area contributed by atoms with Gasteiger partial charge in [-0.25, -0.2) is 0 Å². The van der Waals surface area contributed by atoms with E-state index in [1.54, 1.807) is 54.6 Å². The lowest BCUT2D eigenvalue weighted by molar-refractivity contribution is -0.118. The number of fused-ring (bicyclic) bond motifs is 1. The topological polar surface area (TPSA) is 85.9 Å². The summed E-state index contributed by atoms with van der Waals surface area (Å²) in [7, 11) is 0. The number of hydrogen-bond acceptors (Lipinski definition) is 5. The van der Waals surface area contributed by atoms with E-state index < -0.39 is 0 Å². The van der Waals surface area contributed by atoms with Gasteiger partial charge in [-0.05, 0) is 54.1 Å². The molecule has 1 aliphatic heterocycles. The zero-order chi connectivity index (χ0) is 21.6. The van der Waals surface area contributed by atoms with Gasteiger partial charge in [-0.1, -0.05) is 29.8 Å². The number of anilines is 1. The SMILES string of the molecule is O=C(COc1ccc(Cl)cc1)Nc1ccccc1C(=O)NCc1ccc2c(c1)OCO2. The largest absolute Gasteiger partial charge is 0.484 e. The van der Waals surface area contributed by atoms with Crippen LogP contribution in [-0.2, 0) is 11.3 Å². The van der Waals surface area contributed by atoms with Crippen LogP contribution in [0.1, 0.15) is 15.9 Å². The molecule has 1 heterocycles. The Balaban J connectivity index is 1.35. The van der Waals surface area contributed by atoms with Crippen LogP contribution in [0.3, 0.4) is 0 Å². The Bertz CT molecular complexity index is 1100. The van der Waals surface area contributed by atoms with Crippen molar-refractivity contribution >= 4 is 29.1 Å². The summed E-state index contributed by atoms with van der Waals surface area (Å²) >= 11 is 5.83. The van der Waals surface area contributed by atoms with Gasteiger partial charge in [0, 0.05) is 11.6 Å². The third kappa shape index (κ3) is 5.26. The van der Waals surface area contributed by atoms with Crippen molar-refractivity contribution in [2.75, 3.05) is 18.7 Å². The van der Waals surface area contributed by atoms with Crippen molar-refractivity contribution in [3.05, 3.63) is 82.9 Å². The monoisotopic (exact) mass is 438 g/mol. The van der Waals surface area contributed by atoms with E-state index in [1.807, 2.05) is 12.1 Å². The highest BCUT2D eigenvalue weighted by molar-refractivity contribution is 6.30. The number of para-hydroxylation sites is 1. The maximum absolute atomic E-state index is 12.7. The van der Waals surface area contributed by atoms with Gasteiger partial charge >= 0.3 is 0 Å². The number of rotatable bonds is 7. The molecule has 0 radical (unpaired) electrons. The van der Waals surface area contributed by atoms with Gasteiger partial charge in [0.1, 0.15) is 5.75 Å². The lowest BCUT2D eigenvalue weighted by atomic mass is 10.1. The Hall–Kier alpha value is -3.71. The summed E-state index contributed by atoms with van der Waals surface area (Å²) in [5, 5.41) is 6.15. The fourth-order valence-electron chi connectivity index (χ4n) is 2.98. The summed E-state index contributed by atoms with van der Waals surface area (Å²) in [6.45, 7) is 0.298. The Kier molecular flexibility index (Phi) is 6.24. The molecule has 4 rings (SSSR count). The lowest BCUT2D eigenvalue weighted by Crippen LogP contribution is -2.26. The van der Waals surface area contributed by atoms with Crippen LogP contribution in [0.25, 0.3) is 0 Å². The minimum atomic E-state index is -0.383. The van der Waals surface area contributed by atoms with Crippen molar-refractivity contribution in [1.82, 2.24) is 5.32 Å². The number of benzene rings is 3. The van der Waals surface area contributed by atoms with Gasteiger partial charge in [-0.2, -0.15) is 0 Å². The molecule has 3 aromatic carbocycles. The van der Waals surface area contributed by atoms with Crippen LogP contribution in [0.15, 0.2) is 66.7 Å². The molecular weight excluding hydrogens is 420 g/mol. The van der Waals surface area contributed by atoms with E-state index in [4.69, 9.17) is 25.8 Å². The summed E-state index contributed by atoms with van der Waals surface area (Å²) in [6.07, 6.45) is 0. The molecule has 0 fully saturated rings. The van der Waals surface area contributed by atoms with Gasteiger partial charge in [0.2, 0.25) is 6.79 Å². The molecule has 0 saturated carbocycles. The summed E-state index contributed by atoms with van der Waals surface area (Å²) < 4.78 is 16.1. The molecule has 0 bridgehead atoms. The lowest BCUT2D eigenvalue weighted by Gasteiger charge is -2.12. The van der Waals surface area contributed by atoms with Gasteiger partial charge in [-0.15, -0.1) is 0 Å². The fourth-order valence-corrected chi connectivity index (χ4v) is 3.11. The minimum Gasteiger partial charge on any atom is -0.484 e. The first-order valence-electron chi connectivity index (χ1n) is 9.52. The van der Waals surface area contributed by atoms with E-state index in [1.165, 1.54) is 0 Å².